The van der Waals surface area contributed by atoms with Gasteiger partial charge in [0.2, 0.25) is 11.8 Å². The van der Waals surface area contributed by atoms with E-state index in [0.717, 1.165) is 23.2 Å². The first-order valence-corrected chi connectivity index (χ1v) is 8.89. The van der Waals surface area contributed by atoms with Crippen LogP contribution in [-0.4, -0.2) is 29.4 Å². The minimum absolute atomic E-state index is 0.0150. The molecule has 2 N–H and O–H groups in total. The maximum atomic E-state index is 12.4. The Labute approximate surface area is 157 Å². The average molecular weight is 366 g/mol. The van der Waals surface area contributed by atoms with E-state index in [4.69, 9.17) is 0 Å². The van der Waals surface area contributed by atoms with Crippen molar-refractivity contribution in [1.82, 2.24) is 0 Å². The van der Waals surface area contributed by atoms with Crippen molar-refractivity contribution < 1.29 is 19.5 Å². The molecule has 2 aromatic carbocycles. The first-order chi connectivity index (χ1) is 12.9. The van der Waals surface area contributed by atoms with Crippen LogP contribution in [0.15, 0.2) is 36.4 Å². The Morgan fingerprint density at radius 3 is 2.59 bits per heavy atom. The van der Waals surface area contributed by atoms with Crippen molar-refractivity contribution in [2.24, 2.45) is 0 Å². The molecule has 0 fully saturated rings. The molecular weight excluding hydrogens is 344 g/mol. The van der Waals surface area contributed by atoms with Crippen LogP contribution in [0.4, 0.5) is 11.4 Å². The molecule has 2 aromatic rings. The van der Waals surface area contributed by atoms with Crippen LogP contribution in [0.3, 0.4) is 0 Å². The topological polar surface area (TPSA) is 86.7 Å². The molecule has 6 heteroatoms. The van der Waals surface area contributed by atoms with Gasteiger partial charge in [0.1, 0.15) is 0 Å². The lowest BCUT2D eigenvalue weighted by molar-refractivity contribution is -0.119. The Hall–Kier alpha value is -3.15. The van der Waals surface area contributed by atoms with Crippen LogP contribution in [0.1, 0.15) is 39.9 Å². The summed E-state index contributed by atoms with van der Waals surface area (Å²) in [6.45, 7) is 3.83. The zero-order chi connectivity index (χ0) is 19.6. The third kappa shape index (κ3) is 4.00. The van der Waals surface area contributed by atoms with Gasteiger partial charge in [-0.3, -0.25) is 9.59 Å². The second-order valence-corrected chi connectivity index (χ2v) is 6.76. The molecule has 0 unspecified atom stereocenters. The highest BCUT2D eigenvalue weighted by Gasteiger charge is 2.24. The average Bonchev–Trinajstić information content (AvgIpc) is 2.62. The highest BCUT2D eigenvalue weighted by atomic mass is 16.4. The summed E-state index contributed by atoms with van der Waals surface area (Å²) in [5.41, 5.74) is 4.06. The number of carboxylic acid groups (broad SMARTS) is 1. The SMILES string of the molecule is Cc1cc(C)c(C(=O)O)cc1NC(=O)CCN1C(=O)CCc2ccccc21. The molecule has 27 heavy (non-hydrogen) atoms. The van der Waals surface area contributed by atoms with Gasteiger partial charge < -0.3 is 15.3 Å². The highest BCUT2D eigenvalue weighted by molar-refractivity contribution is 5.99. The number of hydrogen-bond donors (Lipinski definition) is 2. The van der Waals surface area contributed by atoms with E-state index < -0.39 is 5.97 Å². The Morgan fingerprint density at radius 1 is 1.11 bits per heavy atom. The summed E-state index contributed by atoms with van der Waals surface area (Å²) in [5.74, 6) is -1.27. The zero-order valence-corrected chi connectivity index (χ0v) is 15.4. The number of aromatic carboxylic acids is 1. The molecular formula is C21H22N2O4. The molecule has 1 aliphatic rings. The number of para-hydroxylation sites is 1. The monoisotopic (exact) mass is 366 g/mol. The van der Waals surface area contributed by atoms with E-state index in [1.54, 1.807) is 17.9 Å². The van der Waals surface area contributed by atoms with Gasteiger partial charge in [0, 0.05) is 30.8 Å². The van der Waals surface area contributed by atoms with Gasteiger partial charge >= 0.3 is 5.97 Å². The minimum Gasteiger partial charge on any atom is -0.478 e. The van der Waals surface area contributed by atoms with Gasteiger partial charge in [-0.05, 0) is 49.1 Å². The summed E-state index contributed by atoms with van der Waals surface area (Å²) in [4.78, 5) is 37.6. The maximum Gasteiger partial charge on any atom is 0.336 e. The van der Waals surface area contributed by atoms with E-state index in [9.17, 15) is 19.5 Å². The lowest BCUT2D eigenvalue weighted by atomic mass is 10.0. The molecule has 0 saturated carbocycles. The standard InChI is InChI=1S/C21H22N2O4/c1-13-11-14(2)17(12-16(13)21(26)27)22-19(24)9-10-23-18-6-4-3-5-15(18)7-8-20(23)25/h3-6,11-12H,7-10H2,1-2H3,(H,22,24)(H,26,27). The quantitative estimate of drug-likeness (QED) is 0.850. The van der Waals surface area contributed by atoms with E-state index in [0.29, 0.717) is 24.2 Å². The number of benzene rings is 2. The van der Waals surface area contributed by atoms with Crippen LogP contribution < -0.4 is 10.2 Å². The third-order valence-corrected chi connectivity index (χ3v) is 4.83. The van der Waals surface area contributed by atoms with E-state index in [1.165, 1.54) is 6.07 Å². The minimum atomic E-state index is -1.03. The van der Waals surface area contributed by atoms with Gasteiger partial charge in [0.05, 0.1) is 5.56 Å². The van der Waals surface area contributed by atoms with Gasteiger partial charge in [-0.2, -0.15) is 0 Å². The number of aryl methyl sites for hydroxylation is 3. The molecule has 0 atom stereocenters. The zero-order valence-electron chi connectivity index (χ0n) is 15.4. The lowest BCUT2D eigenvalue weighted by Crippen LogP contribution is -2.37. The number of amides is 2. The van der Waals surface area contributed by atoms with E-state index in [2.05, 4.69) is 5.32 Å². The number of anilines is 2. The molecule has 1 heterocycles. The van der Waals surface area contributed by atoms with Gasteiger partial charge in [-0.25, -0.2) is 4.79 Å². The Morgan fingerprint density at radius 2 is 1.85 bits per heavy atom. The second-order valence-electron chi connectivity index (χ2n) is 6.76. The first-order valence-electron chi connectivity index (χ1n) is 8.89. The predicted octanol–water partition coefficient (Wildman–Crippen LogP) is 3.31. The Bertz CT molecular complexity index is 920. The van der Waals surface area contributed by atoms with Crippen LogP contribution in [-0.2, 0) is 16.0 Å². The molecule has 3 rings (SSSR count). The number of fused-ring (bicyclic) bond motifs is 1. The number of nitrogens with zero attached hydrogens (tertiary/aromatic N) is 1. The number of carboxylic acids is 1. The summed E-state index contributed by atoms with van der Waals surface area (Å²) >= 11 is 0. The molecule has 140 valence electrons. The van der Waals surface area contributed by atoms with Crippen molar-refractivity contribution in [2.75, 3.05) is 16.8 Å². The lowest BCUT2D eigenvalue weighted by Gasteiger charge is -2.29. The fraction of sp³-hybridized carbons (Fsp3) is 0.286. The van der Waals surface area contributed by atoms with Crippen LogP contribution in [0, 0.1) is 13.8 Å². The number of carbonyl (C=O) groups is 3. The number of rotatable bonds is 5. The number of hydrogen-bond acceptors (Lipinski definition) is 3. The van der Waals surface area contributed by atoms with Gasteiger partial charge in [0.15, 0.2) is 0 Å². The van der Waals surface area contributed by atoms with Crippen LogP contribution in [0.25, 0.3) is 0 Å². The van der Waals surface area contributed by atoms with Crippen molar-refractivity contribution in [3.05, 3.63) is 58.7 Å². The van der Waals surface area contributed by atoms with Crippen LogP contribution in [0.2, 0.25) is 0 Å². The summed E-state index contributed by atoms with van der Waals surface area (Å²) in [5, 5.41) is 12.0. The molecule has 2 amide bonds. The normalized spacial score (nSPS) is 13.3. The van der Waals surface area contributed by atoms with Crippen LogP contribution in [0.5, 0.6) is 0 Å². The second kappa shape index (κ2) is 7.61. The Kier molecular flexibility index (Phi) is 5.26. The van der Waals surface area contributed by atoms with E-state index in [1.807, 2.05) is 31.2 Å². The Balaban J connectivity index is 1.70. The molecule has 1 aliphatic heterocycles. The summed E-state index contributed by atoms with van der Waals surface area (Å²) in [6, 6.07) is 10.9. The number of carbonyl (C=O) groups excluding carboxylic acids is 2. The molecule has 0 spiro atoms. The molecule has 0 aromatic heterocycles. The first kappa shape index (κ1) is 18.6. The predicted molar refractivity (Wildman–Crippen MR) is 103 cm³/mol. The van der Waals surface area contributed by atoms with Gasteiger partial charge in [-0.15, -0.1) is 0 Å². The fourth-order valence-electron chi connectivity index (χ4n) is 3.39. The third-order valence-electron chi connectivity index (χ3n) is 4.83. The number of nitrogens with one attached hydrogen (secondary N) is 1. The van der Waals surface area contributed by atoms with Gasteiger partial charge in [0.25, 0.3) is 0 Å². The molecule has 0 saturated heterocycles. The van der Waals surface area contributed by atoms with Crippen molar-refractivity contribution in [3.63, 3.8) is 0 Å². The van der Waals surface area contributed by atoms with Crippen LogP contribution >= 0.6 is 0 Å². The van der Waals surface area contributed by atoms with E-state index >= 15 is 0 Å². The molecule has 0 aliphatic carbocycles. The van der Waals surface area contributed by atoms with Crippen molar-refractivity contribution in [2.45, 2.75) is 33.1 Å². The van der Waals surface area contributed by atoms with Crippen molar-refractivity contribution in [3.8, 4) is 0 Å². The van der Waals surface area contributed by atoms with Gasteiger partial charge in [-0.1, -0.05) is 24.3 Å². The van der Waals surface area contributed by atoms with E-state index in [-0.39, 0.29) is 23.8 Å². The van der Waals surface area contributed by atoms with Crippen molar-refractivity contribution in [1.29, 1.82) is 0 Å². The maximum absolute atomic E-state index is 12.4. The summed E-state index contributed by atoms with van der Waals surface area (Å²) in [6.07, 6.45) is 1.30. The molecule has 0 bridgehead atoms. The molecule has 6 nitrogen and oxygen atoms in total. The summed E-state index contributed by atoms with van der Waals surface area (Å²) in [7, 11) is 0. The highest BCUT2D eigenvalue weighted by Crippen LogP contribution is 2.27. The summed E-state index contributed by atoms with van der Waals surface area (Å²) < 4.78 is 0. The smallest absolute Gasteiger partial charge is 0.336 e. The molecule has 0 radical (unpaired) electrons. The fourth-order valence-corrected chi connectivity index (χ4v) is 3.39. The van der Waals surface area contributed by atoms with Crippen molar-refractivity contribution >= 4 is 29.2 Å². The largest absolute Gasteiger partial charge is 0.478 e.